The van der Waals surface area contributed by atoms with Gasteiger partial charge in [-0.2, -0.15) is 13.2 Å². The van der Waals surface area contributed by atoms with Crippen LogP contribution >= 0.6 is 11.6 Å². The number of hydrogen-bond acceptors (Lipinski definition) is 0. The summed E-state index contributed by atoms with van der Waals surface area (Å²) in [6, 6.07) is 5.23. The van der Waals surface area contributed by atoms with E-state index in [9.17, 15) is 13.2 Å². The van der Waals surface area contributed by atoms with Crippen LogP contribution in [0.5, 0.6) is 0 Å². The van der Waals surface area contributed by atoms with Crippen LogP contribution in [0.15, 0.2) is 12.1 Å². The van der Waals surface area contributed by atoms with Crippen LogP contribution in [0.25, 0.3) is 0 Å². The maximum absolute atomic E-state index is 13.3. The van der Waals surface area contributed by atoms with Gasteiger partial charge in [-0.05, 0) is 29.8 Å². The van der Waals surface area contributed by atoms with E-state index in [-0.39, 0.29) is 5.02 Å². The van der Waals surface area contributed by atoms with Gasteiger partial charge in [0, 0.05) is 5.02 Å². The van der Waals surface area contributed by atoms with Gasteiger partial charge in [-0.15, -0.1) is 0 Å². The van der Waals surface area contributed by atoms with Gasteiger partial charge in [0.1, 0.15) is 0 Å². The Bertz CT molecular complexity index is 442. The number of aryl methyl sites for hydroxylation is 1. The maximum atomic E-state index is 13.3. The van der Waals surface area contributed by atoms with Gasteiger partial charge in [0.25, 0.3) is 0 Å². The molecule has 0 amide bonds. The number of halogens is 4. The molecule has 0 saturated heterocycles. The lowest BCUT2D eigenvalue weighted by atomic mass is 10.1. The van der Waals surface area contributed by atoms with Gasteiger partial charge in [-0.25, -0.2) is 0 Å². The van der Waals surface area contributed by atoms with Crippen molar-refractivity contribution in [3.63, 3.8) is 0 Å². The molecule has 5 heteroatoms. The molecule has 0 saturated carbocycles. The fraction of sp³-hybridized carbons (Fsp3) is 0.571. The number of hydrogen-bond donors (Lipinski definition) is 0. The van der Waals surface area contributed by atoms with Crippen LogP contribution in [-0.4, -0.2) is 8.07 Å². The minimum Gasteiger partial charge on any atom is -0.166 e. The highest BCUT2D eigenvalue weighted by Gasteiger charge is 2.41. The monoisotopic (exact) mass is 308 g/mol. The summed E-state index contributed by atoms with van der Waals surface area (Å²) in [5.74, 6) is 0. The highest BCUT2D eigenvalue weighted by Crippen LogP contribution is 2.34. The summed E-state index contributed by atoms with van der Waals surface area (Å²) in [5, 5.41) is 0.719. The van der Waals surface area contributed by atoms with Gasteiger partial charge in [0.05, 0.1) is 13.6 Å². The first kappa shape index (κ1) is 16.6. The second kappa shape index (κ2) is 5.88. The first-order chi connectivity index (χ1) is 8.71. The van der Waals surface area contributed by atoms with Gasteiger partial charge in [0.15, 0.2) is 0 Å². The van der Waals surface area contributed by atoms with Crippen LogP contribution in [0.1, 0.15) is 31.9 Å². The second-order valence-corrected chi connectivity index (χ2v) is 10.6. The molecule has 0 aliphatic rings. The maximum Gasteiger partial charge on any atom is 0.416 e. The van der Waals surface area contributed by atoms with Crippen molar-refractivity contribution < 1.29 is 13.2 Å². The molecular formula is C14H20ClF3Si. The van der Waals surface area contributed by atoms with Crippen molar-refractivity contribution in [1.82, 2.24) is 0 Å². The van der Waals surface area contributed by atoms with E-state index in [0.29, 0.717) is 10.8 Å². The molecule has 0 aliphatic carbocycles. The van der Waals surface area contributed by atoms with E-state index >= 15 is 0 Å². The number of alkyl halides is 3. The van der Waals surface area contributed by atoms with E-state index < -0.39 is 19.8 Å². The predicted molar refractivity (Wildman–Crippen MR) is 78.0 cm³/mol. The molecule has 0 aromatic heterocycles. The Kier molecular flexibility index (Phi) is 5.13. The SMILES string of the molecule is CC[Si](CC)(CC)c1c(C)cc(Cl)cc1C(F)(F)F. The molecule has 0 spiro atoms. The normalized spacial score (nSPS) is 12.8. The van der Waals surface area contributed by atoms with E-state index in [1.807, 2.05) is 20.8 Å². The average molecular weight is 309 g/mol. The quantitative estimate of drug-likeness (QED) is 0.655. The minimum atomic E-state index is -4.33. The van der Waals surface area contributed by atoms with Crippen molar-refractivity contribution in [3.05, 3.63) is 28.3 Å². The van der Waals surface area contributed by atoms with Crippen molar-refractivity contribution in [1.29, 1.82) is 0 Å². The van der Waals surface area contributed by atoms with E-state index in [1.54, 1.807) is 13.0 Å². The lowest BCUT2D eigenvalue weighted by Crippen LogP contribution is -2.50. The summed E-state index contributed by atoms with van der Waals surface area (Å²) in [5.41, 5.74) is 0.173. The molecule has 0 aliphatic heterocycles. The van der Waals surface area contributed by atoms with Gasteiger partial charge >= 0.3 is 6.18 Å². The predicted octanol–water partition coefficient (Wildman–Crippen LogP) is 5.38. The highest BCUT2D eigenvalue weighted by atomic mass is 35.5. The van der Waals surface area contributed by atoms with Crippen molar-refractivity contribution in [2.24, 2.45) is 0 Å². The zero-order valence-corrected chi connectivity index (χ0v) is 13.5. The molecule has 19 heavy (non-hydrogen) atoms. The fourth-order valence-electron chi connectivity index (χ4n) is 2.95. The molecule has 0 N–H and O–H groups in total. The smallest absolute Gasteiger partial charge is 0.166 e. The molecule has 1 rings (SSSR count). The Morgan fingerprint density at radius 2 is 1.53 bits per heavy atom. The molecule has 0 heterocycles. The molecule has 0 bridgehead atoms. The molecule has 0 nitrogen and oxygen atoms in total. The van der Waals surface area contributed by atoms with E-state index in [0.717, 1.165) is 24.2 Å². The van der Waals surface area contributed by atoms with Crippen LogP contribution in [0, 0.1) is 6.92 Å². The topological polar surface area (TPSA) is 0 Å². The van der Waals surface area contributed by atoms with Gasteiger partial charge < -0.3 is 0 Å². The van der Waals surface area contributed by atoms with Gasteiger partial charge in [0.2, 0.25) is 0 Å². The van der Waals surface area contributed by atoms with Crippen LogP contribution in [0.2, 0.25) is 23.2 Å². The lowest BCUT2D eigenvalue weighted by molar-refractivity contribution is -0.136. The Hall–Kier alpha value is -0.483. The number of benzene rings is 1. The van der Waals surface area contributed by atoms with Crippen molar-refractivity contribution >= 4 is 24.9 Å². The molecule has 1 aromatic carbocycles. The molecule has 1 aromatic rings. The van der Waals surface area contributed by atoms with Crippen molar-refractivity contribution in [2.75, 3.05) is 0 Å². The van der Waals surface area contributed by atoms with E-state index in [2.05, 4.69) is 0 Å². The zero-order chi connectivity index (χ0) is 14.8. The van der Waals surface area contributed by atoms with Crippen molar-refractivity contribution in [2.45, 2.75) is 52.0 Å². The summed E-state index contributed by atoms with van der Waals surface area (Å²) in [7, 11) is -2.09. The largest absolute Gasteiger partial charge is 0.416 e. The van der Waals surface area contributed by atoms with E-state index in [1.165, 1.54) is 0 Å². The van der Waals surface area contributed by atoms with Gasteiger partial charge in [-0.1, -0.05) is 50.5 Å². The number of rotatable bonds is 4. The van der Waals surface area contributed by atoms with Crippen LogP contribution in [0.3, 0.4) is 0 Å². The van der Waals surface area contributed by atoms with Gasteiger partial charge in [-0.3, -0.25) is 0 Å². The van der Waals surface area contributed by atoms with Crippen molar-refractivity contribution in [3.8, 4) is 0 Å². The molecule has 108 valence electrons. The second-order valence-electron chi connectivity index (χ2n) is 4.98. The highest BCUT2D eigenvalue weighted by molar-refractivity contribution is 6.92. The Morgan fingerprint density at radius 3 is 1.89 bits per heavy atom. The van der Waals surface area contributed by atoms with Crippen LogP contribution < -0.4 is 5.19 Å². The molecule has 0 atom stereocenters. The first-order valence-electron chi connectivity index (χ1n) is 6.59. The third-order valence-corrected chi connectivity index (χ3v) is 10.2. The Balaban J connectivity index is 3.66. The van der Waals surface area contributed by atoms with Crippen LogP contribution in [-0.2, 0) is 6.18 Å². The molecular weight excluding hydrogens is 289 g/mol. The molecule has 0 unspecified atom stereocenters. The first-order valence-corrected chi connectivity index (χ1v) is 9.59. The third-order valence-electron chi connectivity index (χ3n) is 4.17. The van der Waals surface area contributed by atoms with Crippen LogP contribution in [0.4, 0.5) is 13.2 Å². The minimum absolute atomic E-state index is 0.166. The standard InChI is InChI=1S/C14H20ClF3Si/c1-5-19(6-2,7-3)13-10(4)8-11(15)9-12(13)14(16,17)18/h8-9H,5-7H2,1-4H3. The third kappa shape index (κ3) is 3.16. The Labute approximate surface area is 119 Å². The fourth-order valence-corrected chi connectivity index (χ4v) is 7.48. The summed E-state index contributed by atoms with van der Waals surface area (Å²) >= 11 is 5.82. The Morgan fingerprint density at radius 1 is 1.05 bits per heavy atom. The summed E-state index contributed by atoms with van der Waals surface area (Å²) < 4.78 is 39.9. The molecule has 0 radical (unpaired) electrons. The summed E-state index contributed by atoms with van der Waals surface area (Å²) in [6.07, 6.45) is -4.33. The lowest BCUT2D eigenvalue weighted by Gasteiger charge is -2.33. The molecule has 0 fully saturated rings. The average Bonchev–Trinajstić information content (AvgIpc) is 2.32. The summed E-state index contributed by atoms with van der Waals surface area (Å²) in [4.78, 5) is 0. The van der Waals surface area contributed by atoms with E-state index in [4.69, 9.17) is 11.6 Å². The summed E-state index contributed by atoms with van der Waals surface area (Å²) in [6.45, 7) is 7.77. The zero-order valence-electron chi connectivity index (χ0n) is 11.8.